The molecular weight excluding hydrogens is 512 g/mol. The van der Waals surface area contributed by atoms with Crippen molar-refractivity contribution in [1.82, 2.24) is 20.1 Å². The van der Waals surface area contributed by atoms with E-state index in [1.807, 2.05) is 12.1 Å². The summed E-state index contributed by atoms with van der Waals surface area (Å²) >= 11 is 0. The summed E-state index contributed by atoms with van der Waals surface area (Å²) in [4.78, 5) is 61.0. The van der Waals surface area contributed by atoms with Gasteiger partial charge in [-0.3, -0.25) is 24.6 Å². The zero-order valence-electron chi connectivity index (χ0n) is 22.4. The second-order valence-electron chi connectivity index (χ2n) is 11.2. The van der Waals surface area contributed by atoms with Crippen molar-refractivity contribution in [3.8, 4) is 0 Å². The van der Waals surface area contributed by atoms with E-state index in [2.05, 4.69) is 31.1 Å². The number of amides is 3. The number of hydrogen-bond donors (Lipinski definition) is 2. The van der Waals surface area contributed by atoms with Crippen LogP contribution >= 0.6 is 0 Å². The molecule has 0 unspecified atom stereocenters. The van der Waals surface area contributed by atoms with Gasteiger partial charge in [0.25, 0.3) is 5.91 Å². The number of nitrogens with zero attached hydrogens (tertiary/aromatic N) is 5. The smallest absolute Gasteiger partial charge is 0.337 e. The number of aromatic carboxylic acids is 1. The topological polar surface area (TPSA) is 126 Å². The number of benzene rings is 1. The molecule has 3 saturated heterocycles. The predicted molar refractivity (Wildman–Crippen MR) is 147 cm³/mol. The summed E-state index contributed by atoms with van der Waals surface area (Å²) in [7, 11) is 0. The molecule has 3 amide bonds. The van der Waals surface area contributed by atoms with E-state index < -0.39 is 12.0 Å². The van der Waals surface area contributed by atoms with Gasteiger partial charge in [0.1, 0.15) is 11.9 Å². The number of carboxylic acids is 1. The normalized spacial score (nSPS) is 22.4. The van der Waals surface area contributed by atoms with Gasteiger partial charge >= 0.3 is 5.97 Å². The Labute approximate surface area is 232 Å². The van der Waals surface area contributed by atoms with E-state index in [-0.39, 0.29) is 29.7 Å². The highest BCUT2D eigenvalue weighted by Gasteiger charge is 2.39. The molecule has 0 aliphatic carbocycles. The summed E-state index contributed by atoms with van der Waals surface area (Å²) in [6.45, 7) is 7.12. The van der Waals surface area contributed by atoms with E-state index >= 15 is 0 Å². The zero-order valence-corrected chi connectivity index (χ0v) is 22.4. The van der Waals surface area contributed by atoms with E-state index in [1.165, 1.54) is 6.20 Å². The first-order valence-electron chi connectivity index (χ1n) is 14.0. The van der Waals surface area contributed by atoms with Crippen LogP contribution in [-0.2, 0) is 16.1 Å². The maximum atomic E-state index is 13.0. The first kappa shape index (κ1) is 26.2. The lowest BCUT2D eigenvalue weighted by molar-refractivity contribution is -0.136. The molecule has 1 aromatic carbocycles. The van der Waals surface area contributed by atoms with Crippen LogP contribution < -0.4 is 15.1 Å². The van der Waals surface area contributed by atoms with E-state index in [4.69, 9.17) is 5.11 Å². The van der Waals surface area contributed by atoms with E-state index in [0.717, 1.165) is 75.7 Å². The summed E-state index contributed by atoms with van der Waals surface area (Å²) in [6, 6.07) is 8.79. The SMILES string of the molecule is O=C1CC[C@H](N2Cc3cc(N4CCN(CC5CCN(c6ccc(C(=O)O)cn6)CC5)CC4)ccc3C2=O)C(=O)N1. The Morgan fingerprint density at radius 3 is 2.40 bits per heavy atom. The van der Waals surface area contributed by atoms with Crippen molar-refractivity contribution in [2.75, 3.05) is 55.6 Å². The Kier molecular flexibility index (Phi) is 7.14. The molecule has 40 heavy (non-hydrogen) atoms. The molecule has 0 radical (unpaired) electrons. The molecule has 210 valence electrons. The molecule has 6 rings (SSSR count). The van der Waals surface area contributed by atoms with Crippen LogP contribution in [0.2, 0.25) is 0 Å². The third-order valence-corrected chi connectivity index (χ3v) is 8.69. The molecule has 2 aromatic rings. The number of carboxylic acid groups (broad SMARTS) is 1. The first-order valence-corrected chi connectivity index (χ1v) is 14.0. The molecule has 1 atom stereocenters. The van der Waals surface area contributed by atoms with Crippen LogP contribution in [0.25, 0.3) is 0 Å². The summed E-state index contributed by atoms with van der Waals surface area (Å²) in [6.07, 6.45) is 4.23. The molecule has 4 aliphatic rings. The number of piperidine rings is 2. The van der Waals surface area contributed by atoms with Gasteiger partial charge in [0.15, 0.2) is 0 Å². The van der Waals surface area contributed by atoms with Crippen molar-refractivity contribution in [2.24, 2.45) is 5.92 Å². The molecular formula is C29H34N6O5. The van der Waals surface area contributed by atoms with Crippen LogP contribution in [0.4, 0.5) is 11.5 Å². The molecule has 5 heterocycles. The number of pyridine rings is 1. The van der Waals surface area contributed by atoms with Crippen molar-refractivity contribution in [3.63, 3.8) is 0 Å². The third kappa shape index (κ3) is 5.25. The fourth-order valence-electron chi connectivity index (χ4n) is 6.36. The number of hydrogen-bond acceptors (Lipinski definition) is 8. The standard InChI is InChI=1S/C29H34N6O5/c36-26-6-4-24(27(37)31-26)35-18-21-15-22(2-3-23(21)28(35)38)33-13-11-32(12-14-33)17-19-7-9-34(10-8-19)25-5-1-20(16-30-25)29(39)40/h1-3,5,15-16,19,24H,4,6-14,17-18H2,(H,39,40)(H,31,36,37)/t24-/m0/s1. The molecule has 3 fully saturated rings. The Morgan fingerprint density at radius 2 is 1.73 bits per heavy atom. The highest BCUT2D eigenvalue weighted by molar-refractivity contribution is 6.05. The second kappa shape index (κ2) is 10.9. The van der Waals surface area contributed by atoms with Crippen molar-refractivity contribution in [2.45, 2.75) is 38.3 Å². The highest BCUT2D eigenvalue weighted by atomic mass is 16.4. The minimum Gasteiger partial charge on any atom is -0.478 e. The van der Waals surface area contributed by atoms with Gasteiger partial charge in [-0.05, 0) is 61.1 Å². The van der Waals surface area contributed by atoms with Gasteiger partial charge in [-0.15, -0.1) is 0 Å². The van der Waals surface area contributed by atoms with Crippen LogP contribution in [0, 0.1) is 5.92 Å². The van der Waals surface area contributed by atoms with E-state index in [0.29, 0.717) is 24.4 Å². The number of imide groups is 1. The predicted octanol–water partition coefficient (Wildman–Crippen LogP) is 1.58. The number of nitrogens with one attached hydrogen (secondary N) is 1. The quantitative estimate of drug-likeness (QED) is 0.520. The van der Waals surface area contributed by atoms with Gasteiger partial charge in [-0.1, -0.05) is 0 Å². The number of carbonyl (C=O) groups excluding carboxylic acids is 3. The van der Waals surface area contributed by atoms with Crippen LogP contribution in [0.15, 0.2) is 36.5 Å². The summed E-state index contributed by atoms with van der Waals surface area (Å²) in [5, 5.41) is 11.4. The maximum absolute atomic E-state index is 13.0. The Morgan fingerprint density at radius 1 is 0.950 bits per heavy atom. The lowest BCUT2D eigenvalue weighted by atomic mass is 9.96. The van der Waals surface area contributed by atoms with Crippen molar-refractivity contribution >= 4 is 35.2 Å². The minimum atomic E-state index is -0.958. The molecule has 2 N–H and O–H groups in total. The third-order valence-electron chi connectivity index (χ3n) is 8.69. The maximum Gasteiger partial charge on any atom is 0.337 e. The van der Waals surface area contributed by atoms with Crippen LogP contribution in [0.1, 0.15) is 52.0 Å². The number of piperazine rings is 1. The fourth-order valence-corrected chi connectivity index (χ4v) is 6.36. The molecule has 11 heteroatoms. The van der Waals surface area contributed by atoms with Gasteiger partial charge in [0, 0.05) is 76.2 Å². The van der Waals surface area contributed by atoms with Gasteiger partial charge in [0.2, 0.25) is 11.8 Å². The first-order chi connectivity index (χ1) is 19.4. The zero-order chi connectivity index (χ0) is 27.8. The van der Waals surface area contributed by atoms with Crippen molar-refractivity contribution in [3.05, 3.63) is 53.2 Å². The summed E-state index contributed by atoms with van der Waals surface area (Å²) < 4.78 is 0. The summed E-state index contributed by atoms with van der Waals surface area (Å²) in [5.41, 5.74) is 2.89. The Balaban J connectivity index is 0.986. The number of fused-ring (bicyclic) bond motifs is 1. The number of carbonyl (C=O) groups is 4. The second-order valence-corrected chi connectivity index (χ2v) is 11.2. The Bertz CT molecular complexity index is 1310. The monoisotopic (exact) mass is 546 g/mol. The molecule has 1 aromatic heterocycles. The number of aromatic nitrogens is 1. The van der Waals surface area contributed by atoms with Gasteiger partial charge in [-0.2, -0.15) is 0 Å². The number of rotatable bonds is 6. The highest BCUT2D eigenvalue weighted by Crippen LogP contribution is 2.31. The van der Waals surface area contributed by atoms with Gasteiger partial charge < -0.3 is 19.8 Å². The van der Waals surface area contributed by atoms with Crippen LogP contribution in [0.5, 0.6) is 0 Å². The van der Waals surface area contributed by atoms with Crippen LogP contribution in [-0.4, -0.2) is 95.4 Å². The molecule has 0 bridgehead atoms. The average molecular weight is 547 g/mol. The van der Waals surface area contributed by atoms with E-state index in [1.54, 1.807) is 17.0 Å². The van der Waals surface area contributed by atoms with Gasteiger partial charge in [-0.25, -0.2) is 9.78 Å². The molecule has 4 aliphatic heterocycles. The lowest BCUT2D eigenvalue weighted by Gasteiger charge is -2.40. The number of anilines is 2. The fraction of sp³-hybridized carbons (Fsp3) is 0.483. The average Bonchev–Trinajstić information content (AvgIpc) is 3.29. The molecule has 0 saturated carbocycles. The summed E-state index contributed by atoms with van der Waals surface area (Å²) in [5.74, 6) is -0.288. The Hall–Kier alpha value is -3.99. The lowest BCUT2D eigenvalue weighted by Crippen LogP contribution is -2.52. The molecule has 0 spiro atoms. The van der Waals surface area contributed by atoms with E-state index in [9.17, 15) is 19.2 Å². The minimum absolute atomic E-state index is 0.139. The van der Waals surface area contributed by atoms with Gasteiger partial charge in [0.05, 0.1) is 5.56 Å². The molecule has 11 nitrogen and oxygen atoms in total. The van der Waals surface area contributed by atoms with Crippen molar-refractivity contribution in [1.29, 1.82) is 0 Å². The van der Waals surface area contributed by atoms with Crippen LogP contribution in [0.3, 0.4) is 0 Å². The van der Waals surface area contributed by atoms with Crippen molar-refractivity contribution < 1.29 is 24.3 Å². The largest absolute Gasteiger partial charge is 0.478 e.